The first-order valence-corrected chi connectivity index (χ1v) is 8.05. The van der Waals surface area contributed by atoms with Crippen molar-refractivity contribution in [1.82, 2.24) is 5.32 Å². The molecule has 1 aromatic rings. The Balaban J connectivity index is 2.10. The lowest BCUT2D eigenvalue weighted by atomic mass is 9.88. The van der Waals surface area contributed by atoms with Gasteiger partial charge >= 0.3 is 0 Å². The van der Waals surface area contributed by atoms with Gasteiger partial charge in [0.05, 0.1) is 0 Å². The summed E-state index contributed by atoms with van der Waals surface area (Å²) in [5.74, 6) is 1.65. The molecule has 0 radical (unpaired) electrons. The zero-order valence-corrected chi connectivity index (χ0v) is 12.7. The van der Waals surface area contributed by atoms with Crippen LogP contribution in [-0.4, -0.2) is 6.04 Å². The first-order chi connectivity index (χ1) is 9.24. The number of hydrogen-bond donors (Lipinski definition) is 1. The van der Waals surface area contributed by atoms with Crippen LogP contribution < -0.4 is 5.32 Å². The highest BCUT2D eigenvalue weighted by atomic mass is 15.0. The summed E-state index contributed by atoms with van der Waals surface area (Å²) in [7, 11) is 0. The Labute approximate surface area is 118 Å². The van der Waals surface area contributed by atoms with Crippen LogP contribution >= 0.6 is 0 Å². The largest absolute Gasteiger partial charge is 0.307 e. The van der Waals surface area contributed by atoms with E-state index in [0.29, 0.717) is 6.04 Å². The molecule has 19 heavy (non-hydrogen) atoms. The molecular formula is C18H29N. The predicted molar refractivity (Wildman–Crippen MR) is 83.2 cm³/mol. The van der Waals surface area contributed by atoms with Crippen molar-refractivity contribution in [2.45, 2.75) is 65.0 Å². The molecule has 0 aliphatic heterocycles. The summed E-state index contributed by atoms with van der Waals surface area (Å²) in [5, 5.41) is 3.96. The van der Waals surface area contributed by atoms with E-state index in [1.165, 1.54) is 37.7 Å². The van der Waals surface area contributed by atoms with Crippen molar-refractivity contribution in [1.29, 1.82) is 0 Å². The van der Waals surface area contributed by atoms with Crippen molar-refractivity contribution < 1.29 is 0 Å². The summed E-state index contributed by atoms with van der Waals surface area (Å²) >= 11 is 0. The summed E-state index contributed by atoms with van der Waals surface area (Å²) in [6.07, 6.45) is 6.60. The Morgan fingerprint density at radius 2 is 1.79 bits per heavy atom. The normalized spacial score (nSPS) is 24.8. The summed E-state index contributed by atoms with van der Waals surface area (Å²) in [5.41, 5.74) is 1.47. The van der Waals surface area contributed by atoms with Crippen LogP contribution in [0.2, 0.25) is 0 Å². The molecule has 0 bridgehead atoms. The van der Waals surface area contributed by atoms with Crippen molar-refractivity contribution in [2.75, 3.05) is 0 Å². The minimum Gasteiger partial charge on any atom is -0.307 e. The van der Waals surface area contributed by atoms with Gasteiger partial charge < -0.3 is 5.32 Å². The molecule has 1 saturated carbocycles. The molecule has 0 aromatic heterocycles. The molecule has 0 heterocycles. The van der Waals surface area contributed by atoms with E-state index < -0.39 is 0 Å². The molecule has 3 unspecified atom stereocenters. The summed E-state index contributed by atoms with van der Waals surface area (Å²) in [6.45, 7) is 7.03. The number of rotatable bonds is 6. The van der Waals surface area contributed by atoms with Gasteiger partial charge in [0, 0.05) is 12.1 Å². The average Bonchev–Trinajstić information content (AvgIpc) is 2.85. The second-order valence-electron chi connectivity index (χ2n) is 6.25. The third-order valence-electron chi connectivity index (χ3n) is 4.79. The lowest BCUT2D eigenvalue weighted by molar-refractivity contribution is 0.306. The van der Waals surface area contributed by atoms with Crippen LogP contribution in [0.1, 0.15) is 64.5 Å². The van der Waals surface area contributed by atoms with Crippen molar-refractivity contribution in [3.8, 4) is 0 Å². The molecule has 0 amide bonds. The Morgan fingerprint density at radius 1 is 1.11 bits per heavy atom. The van der Waals surface area contributed by atoms with Crippen molar-refractivity contribution in [3.05, 3.63) is 35.9 Å². The van der Waals surface area contributed by atoms with Crippen LogP contribution in [0.25, 0.3) is 0 Å². The average molecular weight is 259 g/mol. The first kappa shape index (κ1) is 14.6. The van der Waals surface area contributed by atoms with E-state index in [9.17, 15) is 0 Å². The van der Waals surface area contributed by atoms with Crippen LogP contribution in [0.3, 0.4) is 0 Å². The SMILES string of the molecule is CCC(CC)C(NC1CCC(C)C1)c1ccccc1. The van der Waals surface area contributed by atoms with Gasteiger partial charge in [-0.25, -0.2) is 0 Å². The third kappa shape index (κ3) is 3.82. The van der Waals surface area contributed by atoms with Crippen LogP contribution in [-0.2, 0) is 0 Å². The van der Waals surface area contributed by atoms with E-state index in [1.54, 1.807) is 0 Å². The maximum Gasteiger partial charge on any atom is 0.0350 e. The van der Waals surface area contributed by atoms with Crippen LogP contribution in [0, 0.1) is 11.8 Å². The minimum atomic E-state index is 0.534. The Kier molecular flexibility index (Phi) is 5.45. The van der Waals surface area contributed by atoms with Gasteiger partial charge in [-0.3, -0.25) is 0 Å². The van der Waals surface area contributed by atoms with E-state index in [0.717, 1.165) is 17.9 Å². The quantitative estimate of drug-likeness (QED) is 0.763. The fourth-order valence-corrected chi connectivity index (χ4v) is 3.54. The van der Waals surface area contributed by atoms with E-state index in [1.807, 2.05) is 0 Å². The van der Waals surface area contributed by atoms with Crippen molar-refractivity contribution in [2.24, 2.45) is 11.8 Å². The third-order valence-corrected chi connectivity index (χ3v) is 4.79. The lowest BCUT2D eigenvalue weighted by Crippen LogP contribution is -2.35. The molecule has 1 aromatic carbocycles. The molecule has 1 aliphatic carbocycles. The van der Waals surface area contributed by atoms with Crippen LogP contribution in [0.15, 0.2) is 30.3 Å². The van der Waals surface area contributed by atoms with Gasteiger partial charge in [-0.15, -0.1) is 0 Å². The Morgan fingerprint density at radius 3 is 2.32 bits per heavy atom. The summed E-state index contributed by atoms with van der Waals surface area (Å²) in [6, 6.07) is 12.3. The zero-order chi connectivity index (χ0) is 13.7. The second-order valence-corrected chi connectivity index (χ2v) is 6.25. The Bertz CT molecular complexity index is 355. The number of benzene rings is 1. The van der Waals surface area contributed by atoms with Gasteiger partial charge in [-0.1, -0.05) is 63.9 Å². The highest BCUT2D eigenvalue weighted by Crippen LogP contribution is 2.32. The van der Waals surface area contributed by atoms with Crippen LogP contribution in [0.5, 0.6) is 0 Å². The molecule has 2 rings (SSSR count). The lowest BCUT2D eigenvalue weighted by Gasteiger charge is -2.30. The number of nitrogens with one attached hydrogen (secondary N) is 1. The standard InChI is InChI=1S/C18H29N/c1-4-15(5-2)18(16-9-7-6-8-10-16)19-17-12-11-14(3)13-17/h6-10,14-15,17-19H,4-5,11-13H2,1-3H3. The molecule has 1 aliphatic rings. The molecule has 1 fully saturated rings. The highest BCUT2D eigenvalue weighted by Gasteiger charge is 2.27. The predicted octanol–water partition coefficient (Wildman–Crippen LogP) is 4.94. The smallest absolute Gasteiger partial charge is 0.0350 e. The molecule has 0 saturated heterocycles. The van der Waals surface area contributed by atoms with E-state index >= 15 is 0 Å². The molecule has 0 spiro atoms. The maximum atomic E-state index is 3.96. The topological polar surface area (TPSA) is 12.0 Å². The molecule has 106 valence electrons. The van der Waals surface area contributed by atoms with Crippen LogP contribution in [0.4, 0.5) is 0 Å². The zero-order valence-electron chi connectivity index (χ0n) is 12.7. The fourth-order valence-electron chi connectivity index (χ4n) is 3.54. The molecule has 1 heteroatoms. The molecule has 3 atom stereocenters. The van der Waals surface area contributed by atoms with Gasteiger partial charge in [0.25, 0.3) is 0 Å². The second kappa shape index (κ2) is 7.09. The molecule has 1 N–H and O–H groups in total. The van der Waals surface area contributed by atoms with Gasteiger partial charge in [0.2, 0.25) is 0 Å². The molecule has 1 nitrogen and oxygen atoms in total. The Hall–Kier alpha value is -0.820. The maximum absolute atomic E-state index is 3.96. The first-order valence-electron chi connectivity index (χ1n) is 8.05. The van der Waals surface area contributed by atoms with E-state index in [4.69, 9.17) is 0 Å². The van der Waals surface area contributed by atoms with Gasteiger partial charge in [0.1, 0.15) is 0 Å². The summed E-state index contributed by atoms with van der Waals surface area (Å²) in [4.78, 5) is 0. The number of hydrogen-bond acceptors (Lipinski definition) is 1. The monoisotopic (exact) mass is 259 g/mol. The minimum absolute atomic E-state index is 0.534. The van der Waals surface area contributed by atoms with E-state index in [2.05, 4.69) is 56.4 Å². The molecular weight excluding hydrogens is 230 g/mol. The van der Waals surface area contributed by atoms with Gasteiger partial charge in [-0.05, 0) is 36.7 Å². The van der Waals surface area contributed by atoms with Crippen molar-refractivity contribution >= 4 is 0 Å². The van der Waals surface area contributed by atoms with E-state index in [-0.39, 0.29) is 0 Å². The highest BCUT2D eigenvalue weighted by molar-refractivity contribution is 5.20. The van der Waals surface area contributed by atoms with Gasteiger partial charge in [0.15, 0.2) is 0 Å². The fraction of sp³-hybridized carbons (Fsp3) is 0.667. The van der Waals surface area contributed by atoms with Crippen molar-refractivity contribution in [3.63, 3.8) is 0 Å². The summed E-state index contributed by atoms with van der Waals surface area (Å²) < 4.78 is 0. The van der Waals surface area contributed by atoms with Gasteiger partial charge in [-0.2, -0.15) is 0 Å².